The Morgan fingerprint density at radius 2 is 1.53 bits per heavy atom. The minimum Gasteiger partial charge on any atom is -0.497 e. The Morgan fingerprint density at radius 3 is 2.16 bits per heavy atom. The molecule has 4 rings (SSSR count). The number of hydrogen-bond donors (Lipinski definition) is 0. The lowest BCUT2D eigenvalue weighted by molar-refractivity contribution is -0.113. The van der Waals surface area contributed by atoms with Gasteiger partial charge in [0, 0.05) is 5.56 Å². The summed E-state index contributed by atoms with van der Waals surface area (Å²) in [5.41, 5.74) is 2.21. The van der Waals surface area contributed by atoms with E-state index in [1.807, 2.05) is 18.2 Å². The SMILES string of the molecule is COc1ccc(C2=N/C(=C/c3ccc(OC)c(OC)c3)C(=O)N2c2ccc(F)cc2)cc1. The molecule has 0 aliphatic carbocycles. The molecule has 1 aliphatic rings. The molecule has 0 saturated heterocycles. The van der Waals surface area contributed by atoms with Crippen LogP contribution >= 0.6 is 0 Å². The van der Waals surface area contributed by atoms with Crippen molar-refractivity contribution < 1.29 is 23.4 Å². The number of methoxy groups -OCH3 is 3. The monoisotopic (exact) mass is 432 g/mol. The van der Waals surface area contributed by atoms with Gasteiger partial charge in [-0.05, 0) is 72.3 Å². The molecule has 0 spiro atoms. The van der Waals surface area contributed by atoms with Crippen LogP contribution in [0.25, 0.3) is 6.08 Å². The molecule has 0 fully saturated rings. The summed E-state index contributed by atoms with van der Waals surface area (Å²) >= 11 is 0. The molecule has 0 aromatic heterocycles. The Labute approximate surface area is 185 Å². The first-order valence-corrected chi connectivity index (χ1v) is 9.81. The Hall–Kier alpha value is -4.13. The van der Waals surface area contributed by atoms with E-state index in [4.69, 9.17) is 14.2 Å². The van der Waals surface area contributed by atoms with E-state index in [2.05, 4.69) is 4.99 Å². The van der Waals surface area contributed by atoms with Crippen molar-refractivity contribution in [1.29, 1.82) is 0 Å². The molecule has 7 heteroatoms. The van der Waals surface area contributed by atoms with Gasteiger partial charge in [-0.2, -0.15) is 0 Å². The predicted octanol–water partition coefficient (Wildman–Crippen LogP) is 4.69. The number of amidine groups is 1. The molecular weight excluding hydrogens is 411 g/mol. The van der Waals surface area contributed by atoms with Crippen molar-refractivity contribution in [2.75, 3.05) is 26.2 Å². The summed E-state index contributed by atoms with van der Waals surface area (Å²) < 4.78 is 29.3. The average molecular weight is 432 g/mol. The van der Waals surface area contributed by atoms with E-state index in [1.165, 1.54) is 17.0 Å². The van der Waals surface area contributed by atoms with Gasteiger partial charge in [-0.25, -0.2) is 9.38 Å². The fraction of sp³-hybridized carbons (Fsp3) is 0.120. The maximum atomic E-state index is 13.5. The Morgan fingerprint density at radius 1 is 0.844 bits per heavy atom. The average Bonchev–Trinajstić information content (AvgIpc) is 3.15. The van der Waals surface area contributed by atoms with Crippen molar-refractivity contribution >= 4 is 23.5 Å². The van der Waals surface area contributed by atoms with Gasteiger partial charge in [-0.1, -0.05) is 6.07 Å². The third-order valence-corrected chi connectivity index (χ3v) is 5.00. The van der Waals surface area contributed by atoms with Gasteiger partial charge in [-0.3, -0.25) is 9.69 Å². The van der Waals surface area contributed by atoms with Gasteiger partial charge in [-0.15, -0.1) is 0 Å². The van der Waals surface area contributed by atoms with E-state index in [9.17, 15) is 9.18 Å². The van der Waals surface area contributed by atoms with Gasteiger partial charge in [0.15, 0.2) is 11.5 Å². The number of hydrogen-bond acceptors (Lipinski definition) is 5. The normalized spacial score (nSPS) is 14.5. The number of halogens is 1. The van der Waals surface area contributed by atoms with Crippen molar-refractivity contribution in [2.45, 2.75) is 0 Å². The second-order valence-electron chi connectivity index (χ2n) is 6.92. The van der Waals surface area contributed by atoms with E-state index in [1.54, 1.807) is 63.8 Å². The van der Waals surface area contributed by atoms with Gasteiger partial charge < -0.3 is 14.2 Å². The van der Waals surface area contributed by atoms with Crippen molar-refractivity contribution in [3.8, 4) is 17.2 Å². The van der Waals surface area contributed by atoms with Crippen molar-refractivity contribution in [2.24, 2.45) is 4.99 Å². The topological polar surface area (TPSA) is 60.4 Å². The van der Waals surface area contributed by atoms with E-state index >= 15 is 0 Å². The van der Waals surface area contributed by atoms with Crippen LogP contribution in [0.4, 0.5) is 10.1 Å². The van der Waals surface area contributed by atoms with Gasteiger partial charge in [0.1, 0.15) is 23.1 Å². The Balaban J connectivity index is 1.79. The number of benzene rings is 3. The zero-order valence-corrected chi connectivity index (χ0v) is 17.8. The van der Waals surface area contributed by atoms with Crippen molar-refractivity contribution in [1.82, 2.24) is 0 Å². The summed E-state index contributed by atoms with van der Waals surface area (Å²) in [6, 6.07) is 18.3. The van der Waals surface area contributed by atoms with Crippen molar-refractivity contribution in [3.63, 3.8) is 0 Å². The molecule has 0 bridgehead atoms. The first kappa shape index (κ1) is 21.1. The number of ether oxygens (including phenoxy) is 3. The smallest absolute Gasteiger partial charge is 0.282 e. The number of aliphatic imine (C=N–C) groups is 1. The molecule has 162 valence electrons. The summed E-state index contributed by atoms with van der Waals surface area (Å²) in [6.07, 6.45) is 1.68. The number of carbonyl (C=O) groups is 1. The molecule has 6 nitrogen and oxygen atoms in total. The van der Waals surface area contributed by atoms with Crippen LogP contribution in [0.3, 0.4) is 0 Å². The van der Waals surface area contributed by atoms with Crippen LogP contribution in [0.5, 0.6) is 17.2 Å². The number of rotatable bonds is 6. The summed E-state index contributed by atoms with van der Waals surface area (Å²) in [4.78, 5) is 19.4. The zero-order chi connectivity index (χ0) is 22.7. The molecule has 1 aliphatic heterocycles. The summed E-state index contributed by atoms with van der Waals surface area (Å²) in [5.74, 6) is 1.55. The maximum absolute atomic E-state index is 13.5. The molecule has 1 heterocycles. The minimum absolute atomic E-state index is 0.243. The van der Waals surface area contributed by atoms with E-state index in [-0.39, 0.29) is 17.4 Å². The lowest BCUT2D eigenvalue weighted by Gasteiger charge is -2.18. The van der Waals surface area contributed by atoms with Crippen molar-refractivity contribution in [3.05, 3.63) is 89.4 Å². The highest BCUT2D eigenvalue weighted by atomic mass is 19.1. The summed E-state index contributed by atoms with van der Waals surface area (Å²) in [7, 11) is 4.69. The predicted molar refractivity (Wildman–Crippen MR) is 121 cm³/mol. The van der Waals surface area contributed by atoms with Gasteiger partial charge in [0.25, 0.3) is 5.91 Å². The number of nitrogens with zero attached hydrogens (tertiary/aromatic N) is 2. The van der Waals surface area contributed by atoms with Crippen LogP contribution in [0.15, 0.2) is 77.4 Å². The molecule has 0 unspecified atom stereocenters. The van der Waals surface area contributed by atoms with Crippen LogP contribution < -0.4 is 19.1 Å². The highest BCUT2D eigenvalue weighted by Crippen LogP contribution is 2.31. The minimum atomic E-state index is -0.385. The fourth-order valence-corrected chi connectivity index (χ4v) is 3.38. The largest absolute Gasteiger partial charge is 0.497 e. The Bertz CT molecular complexity index is 1200. The molecule has 3 aromatic carbocycles. The molecule has 0 N–H and O–H groups in total. The zero-order valence-electron chi connectivity index (χ0n) is 17.8. The van der Waals surface area contributed by atoms with E-state index < -0.39 is 0 Å². The van der Waals surface area contributed by atoms with Crippen LogP contribution in [-0.4, -0.2) is 33.1 Å². The first-order chi connectivity index (χ1) is 15.5. The van der Waals surface area contributed by atoms with Crippen LogP contribution in [-0.2, 0) is 4.79 Å². The lowest BCUT2D eigenvalue weighted by Crippen LogP contribution is -2.32. The highest BCUT2D eigenvalue weighted by Gasteiger charge is 2.32. The number of amides is 1. The van der Waals surface area contributed by atoms with Gasteiger partial charge in [0.05, 0.1) is 27.0 Å². The molecular formula is C25H21FN2O4. The van der Waals surface area contributed by atoms with Crippen LogP contribution in [0.2, 0.25) is 0 Å². The number of anilines is 1. The van der Waals surface area contributed by atoms with E-state index in [0.717, 1.165) is 11.1 Å². The molecule has 0 atom stereocenters. The first-order valence-electron chi connectivity index (χ1n) is 9.81. The molecule has 32 heavy (non-hydrogen) atoms. The molecule has 0 radical (unpaired) electrons. The second kappa shape index (κ2) is 8.93. The summed E-state index contributed by atoms with van der Waals surface area (Å²) in [5, 5.41) is 0. The van der Waals surface area contributed by atoms with Crippen LogP contribution in [0.1, 0.15) is 11.1 Å². The third-order valence-electron chi connectivity index (χ3n) is 5.00. The van der Waals surface area contributed by atoms with Gasteiger partial charge in [0.2, 0.25) is 0 Å². The lowest BCUT2D eigenvalue weighted by atomic mass is 10.1. The second-order valence-corrected chi connectivity index (χ2v) is 6.92. The molecule has 3 aromatic rings. The number of carbonyl (C=O) groups excluding carboxylic acids is 1. The van der Waals surface area contributed by atoms with Crippen LogP contribution in [0, 0.1) is 5.82 Å². The fourth-order valence-electron chi connectivity index (χ4n) is 3.38. The maximum Gasteiger partial charge on any atom is 0.282 e. The van der Waals surface area contributed by atoms with E-state index in [0.29, 0.717) is 28.8 Å². The summed E-state index contributed by atoms with van der Waals surface area (Å²) in [6.45, 7) is 0. The molecule has 1 amide bonds. The molecule has 0 saturated carbocycles. The third kappa shape index (κ3) is 4.05. The standard InChI is InChI=1S/C25H21FN2O4/c1-30-20-11-5-17(6-12-20)24-27-21(14-16-4-13-22(31-2)23(15-16)32-3)25(29)28(24)19-9-7-18(26)8-10-19/h4-15H,1-3H3/b21-14+. The highest BCUT2D eigenvalue weighted by molar-refractivity contribution is 6.33. The quantitative estimate of drug-likeness (QED) is 0.531. The van der Waals surface area contributed by atoms with Gasteiger partial charge >= 0.3 is 0 Å². The Kier molecular flexibility index (Phi) is 5.89.